The van der Waals surface area contributed by atoms with Crippen LogP contribution in [-0.2, 0) is 6.54 Å². The van der Waals surface area contributed by atoms with Crippen LogP contribution in [0.4, 0.5) is 0 Å². The Bertz CT molecular complexity index is 838. The summed E-state index contributed by atoms with van der Waals surface area (Å²) in [6.07, 6.45) is 1.47. The fourth-order valence-corrected chi connectivity index (χ4v) is 2.45. The zero-order chi connectivity index (χ0) is 15.7. The molecule has 0 aliphatic carbocycles. The summed E-state index contributed by atoms with van der Waals surface area (Å²) in [5.41, 5.74) is 2.23. The van der Waals surface area contributed by atoms with Gasteiger partial charge < -0.3 is 14.4 Å². The average Bonchev–Trinajstić information content (AvgIpc) is 2.84. The molecule has 0 bridgehead atoms. The van der Waals surface area contributed by atoms with E-state index in [1.807, 2.05) is 35.8 Å². The minimum absolute atomic E-state index is 0.208. The van der Waals surface area contributed by atoms with Crippen LogP contribution in [0, 0.1) is 6.92 Å². The summed E-state index contributed by atoms with van der Waals surface area (Å²) < 4.78 is 7.01. The van der Waals surface area contributed by atoms with Gasteiger partial charge in [-0.05, 0) is 30.7 Å². The van der Waals surface area contributed by atoms with E-state index >= 15 is 0 Å². The fraction of sp³-hybridized carbons (Fsp3) is 0.188. The van der Waals surface area contributed by atoms with Gasteiger partial charge in [-0.2, -0.15) is 0 Å². The SMILES string of the molecule is COc1ccc(Cn2c(C)nc3nccc(C(=O)O)c32)cc1. The molecule has 22 heavy (non-hydrogen) atoms. The molecule has 1 aromatic carbocycles. The number of benzene rings is 1. The van der Waals surface area contributed by atoms with Gasteiger partial charge in [0, 0.05) is 12.7 Å². The summed E-state index contributed by atoms with van der Waals surface area (Å²) in [7, 11) is 1.62. The van der Waals surface area contributed by atoms with Crippen LogP contribution in [-0.4, -0.2) is 32.7 Å². The molecule has 2 aromatic heterocycles. The highest BCUT2D eigenvalue weighted by Gasteiger charge is 2.17. The second kappa shape index (κ2) is 5.48. The first kappa shape index (κ1) is 14.1. The molecule has 0 fully saturated rings. The molecule has 6 nitrogen and oxygen atoms in total. The second-order valence-corrected chi connectivity index (χ2v) is 4.93. The lowest BCUT2D eigenvalue weighted by molar-refractivity contribution is 0.0698. The summed E-state index contributed by atoms with van der Waals surface area (Å²) in [6, 6.07) is 9.14. The van der Waals surface area contributed by atoms with Crippen LogP contribution in [0.1, 0.15) is 21.7 Å². The van der Waals surface area contributed by atoms with Crippen molar-refractivity contribution in [3.05, 3.63) is 53.5 Å². The average molecular weight is 297 g/mol. The zero-order valence-corrected chi connectivity index (χ0v) is 12.3. The number of aromatic nitrogens is 3. The number of hydrogen-bond acceptors (Lipinski definition) is 4. The number of pyridine rings is 1. The third-order valence-electron chi connectivity index (χ3n) is 3.56. The highest BCUT2D eigenvalue weighted by molar-refractivity contribution is 6.00. The highest BCUT2D eigenvalue weighted by atomic mass is 16.5. The van der Waals surface area contributed by atoms with Crippen molar-refractivity contribution in [1.29, 1.82) is 0 Å². The van der Waals surface area contributed by atoms with E-state index in [0.29, 0.717) is 17.7 Å². The molecular weight excluding hydrogens is 282 g/mol. The third kappa shape index (κ3) is 2.39. The number of ether oxygens (including phenoxy) is 1. The van der Waals surface area contributed by atoms with E-state index in [0.717, 1.165) is 17.1 Å². The molecule has 3 aromatic rings. The standard InChI is InChI=1S/C16H15N3O3/c1-10-18-15-14(13(16(20)21)7-8-17-15)19(10)9-11-3-5-12(22-2)6-4-11/h3-8H,9H2,1-2H3,(H,20,21). The molecule has 6 heteroatoms. The fourth-order valence-electron chi connectivity index (χ4n) is 2.45. The number of carbonyl (C=O) groups is 1. The predicted octanol–water partition coefficient (Wildman–Crippen LogP) is 2.49. The number of carboxylic acid groups (broad SMARTS) is 1. The van der Waals surface area contributed by atoms with Gasteiger partial charge in [0.15, 0.2) is 5.65 Å². The Morgan fingerprint density at radius 3 is 2.64 bits per heavy atom. The monoisotopic (exact) mass is 297 g/mol. The maximum Gasteiger partial charge on any atom is 0.338 e. The lowest BCUT2D eigenvalue weighted by Gasteiger charge is -2.09. The number of aryl methyl sites for hydroxylation is 1. The zero-order valence-electron chi connectivity index (χ0n) is 12.3. The van der Waals surface area contributed by atoms with Crippen LogP contribution in [0.5, 0.6) is 5.75 Å². The number of rotatable bonds is 4. The maximum atomic E-state index is 11.4. The van der Waals surface area contributed by atoms with Crippen molar-refractivity contribution in [2.24, 2.45) is 0 Å². The Balaban J connectivity index is 2.09. The molecule has 0 aliphatic rings. The van der Waals surface area contributed by atoms with Crippen molar-refractivity contribution >= 4 is 17.1 Å². The molecule has 0 saturated carbocycles. The van der Waals surface area contributed by atoms with Crippen LogP contribution in [0.25, 0.3) is 11.2 Å². The van der Waals surface area contributed by atoms with E-state index in [1.165, 1.54) is 12.3 Å². The van der Waals surface area contributed by atoms with Crippen LogP contribution in [0.2, 0.25) is 0 Å². The molecule has 0 spiro atoms. The smallest absolute Gasteiger partial charge is 0.338 e. The Hall–Kier alpha value is -2.89. The summed E-state index contributed by atoms with van der Waals surface area (Å²) in [6.45, 7) is 2.37. The highest BCUT2D eigenvalue weighted by Crippen LogP contribution is 2.21. The number of nitrogens with zero attached hydrogens (tertiary/aromatic N) is 3. The van der Waals surface area contributed by atoms with Gasteiger partial charge in [-0.3, -0.25) is 0 Å². The number of imidazole rings is 1. The first-order valence-electron chi connectivity index (χ1n) is 6.78. The summed E-state index contributed by atoms with van der Waals surface area (Å²) >= 11 is 0. The number of fused-ring (bicyclic) bond motifs is 1. The summed E-state index contributed by atoms with van der Waals surface area (Å²) in [5.74, 6) is 0.527. The third-order valence-corrected chi connectivity index (χ3v) is 3.56. The van der Waals surface area contributed by atoms with Crippen LogP contribution in [0.15, 0.2) is 36.5 Å². The second-order valence-electron chi connectivity index (χ2n) is 4.93. The van der Waals surface area contributed by atoms with Crippen molar-refractivity contribution in [3.63, 3.8) is 0 Å². The Morgan fingerprint density at radius 1 is 1.27 bits per heavy atom. The summed E-state index contributed by atoms with van der Waals surface area (Å²) in [5, 5.41) is 9.37. The van der Waals surface area contributed by atoms with Crippen LogP contribution in [0.3, 0.4) is 0 Å². The van der Waals surface area contributed by atoms with Gasteiger partial charge in [0.1, 0.15) is 17.1 Å². The molecule has 0 radical (unpaired) electrons. The molecule has 0 amide bonds. The molecule has 0 atom stereocenters. The quantitative estimate of drug-likeness (QED) is 0.800. The number of hydrogen-bond donors (Lipinski definition) is 1. The van der Waals surface area contributed by atoms with Crippen molar-refractivity contribution < 1.29 is 14.6 Å². The van der Waals surface area contributed by atoms with Gasteiger partial charge in [0.25, 0.3) is 0 Å². The molecule has 0 saturated heterocycles. The Labute approximate surface area is 127 Å². The minimum atomic E-state index is -0.983. The van der Waals surface area contributed by atoms with Gasteiger partial charge in [0.05, 0.1) is 12.7 Å². The summed E-state index contributed by atoms with van der Waals surface area (Å²) in [4.78, 5) is 19.9. The topological polar surface area (TPSA) is 77.2 Å². The van der Waals surface area contributed by atoms with E-state index in [4.69, 9.17) is 4.74 Å². The van der Waals surface area contributed by atoms with E-state index in [2.05, 4.69) is 9.97 Å². The first-order chi connectivity index (χ1) is 10.6. The number of carboxylic acids is 1. The van der Waals surface area contributed by atoms with Gasteiger partial charge in [-0.25, -0.2) is 14.8 Å². The van der Waals surface area contributed by atoms with E-state index < -0.39 is 5.97 Å². The van der Waals surface area contributed by atoms with Crippen molar-refractivity contribution in [1.82, 2.24) is 14.5 Å². The normalized spacial score (nSPS) is 10.8. The molecule has 1 N–H and O–H groups in total. The minimum Gasteiger partial charge on any atom is -0.497 e. The number of methoxy groups -OCH3 is 1. The lowest BCUT2D eigenvalue weighted by atomic mass is 10.2. The molecular formula is C16H15N3O3. The van der Waals surface area contributed by atoms with Crippen LogP contribution >= 0.6 is 0 Å². The maximum absolute atomic E-state index is 11.4. The molecule has 112 valence electrons. The Morgan fingerprint density at radius 2 is 2.00 bits per heavy atom. The Kier molecular flexibility index (Phi) is 3.50. The van der Waals surface area contributed by atoms with Gasteiger partial charge in [-0.15, -0.1) is 0 Å². The molecule has 0 unspecified atom stereocenters. The predicted molar refractivity (Wildman–Crippen MR) is 81.3 cm³/mol. The van der Waals surface area contributed by atoms with Crippen molar-refractivity contribution in [2.45, 2.75) is 13.5 Å². The van der Waals surface area contributed by atoms with Crippen molar-refractivity contribution in [2.75, 3.05) is 7.11 Å². The van der Waals surface area contributed by atoms with E-state index in [9.17, 15) is 9.90 Å². The largest absolute Gasteiger partial charge is 0.497 e. The molecule has 2 heterocycles. The van der Waals surface area contributed by atoms with Gasteiger partial charge in [-0.1, -0.05) is 12.1 Å². The molecule has 3 rings (SSSR count). The van der Waals surface area contributed by atoms with Gasteiger partial charge in [0.2, 0.25) is 0 Å². The first-order valence-corrected chi connectivity index (χ1v) is 6.78. The number of aromatic carboxylic acids is 1. The van der Waals surface area contributed by atoms with Gasteiger partial charge >= 0.3 is 5.97 Å². The lowest BCUT2D eigenvalue weighted by Crippen LogP contribution is -2.06. The van der Waals surface area contributed by atoms with Crippen LogP contribution < -0.4 is 4.74 Å². The van der Waals surface area contributed by atoms with E-state index in [-0.39, 0.29) is 5.56 Å². The van der Waals surface area contributed by atoms with Crippen molar-refractivity contribution in [3.8, 4) is 5.75 Å². The molecule has 0 aliphatic heterocycles. The van der Waals surface area contributed by atoms with E-state index in [1.54, 1.807) is 7.11 Å².